The Morgan fingerprint density at radius 2 is 1.72 bits per heavy atom. The minimum Gasteiger partial charge on any atom is -0.455 e. The van der Waals surface area contributed by atoms with Crippen LogP contribution in [0.1, 0.15) is 21.9 Å². The molecule has 0 spiro atoms. The number of aryl methyl sites for hydroxylation is 1. The third-order valence-electron chi connectivity index (χ3n) is 5.46. The fraction of sp³-hybridized carbons (Fsp3) is 0.261. The molecule has 0 N–H and O–H groups in total. The number of hydrogen-bond donors (Lipinski definition) is 0. The Morgan fingerprint density at radius 3 is 2.41 bits per heavy atom. The minimum atomic E-state index is -3.57. The highest BCUT2D eigenvalue weighted by atomic mass is 79.9. The molecule has 0 atom stereocenters. The molecule has 4 rings (SSSR count). The van der Waals surface area contributed by atoms with Gasteiger partial charge in [-0.05, 0) is 61.0 Å². The molecular formula is C23H22BrClN2O4S. The van der Waals surface area contributed by atoms with E-state index in [1.54, 1.807) is 29.2 Å². The van der Waals surface area contributed by atoms with Crippen LogP contribution in [-0.2, 0) is 15.6 Å². The molecule has 1 aliphatic heterocycles. The Labute approximate surface area is 200 Å². The monoisotopic (exact) mass is 536 g/mol. The largest absolute Gasteiger partial charge is 0.455 e. The number of halogens is 2. The van der Waals surface area contributed by atoms with Crippen LogP contribution in [0.3, 0.4) is 0 Å². The van der Waals surface area contributed by atoms with Crippen LogP contribution in [0.25, 0.3) is 0 Å². The summed E-state index contributed by atoms with van der Waals surface area (Å²) in [6.07, 6.45) is 0. The van der Waals surface area contributed by atoms with E-state index in [1.165, 1.54) is 12.1 Å². The molecule has 6 nitrogen and oxygen atoms in total. The predicted molar refractivity (Wildman–Crippen MR) is 128 cm³/mol. The van der Waals surface area contributed by atoms with Crippen LogP contribution in [-0.4, -0.2) is 45.4 Å². The number of hydrogen-bond acceptors (Lipinski definition) is 5. The molecule has 0 saturated carbocycles. The van der Waals surface area contributed by atoms with Gasteiger partial charge in [-0.1, -0.05) is 33.6 Å². The van der Waals surface area contributed by atoms with Gasteiger partial charge in [0.2, 0.25) is 0 Å². The molecule has 0 unspecified atom stereocenters. The van der Waals surface area contributed by atoms with Crippen molar-refractivity contribution in [2.24, 2.45) is 0 Å². The minimum absolute atomic E-state index is 0.151. The lowest BCUT2D eigenvalue weighted by Gasteiger charge is -2.36. The molecule has 0 radical (unpaired) electrons. The van der Waals surface area contributed by atoms with E-state index in [9.17, 15) is 13.2 Å². The molecular weight excluding hydrogens is 516 g/mol. The van der Waals surface area contributed by atoms with Crippen LogP contribution >= 0.6 is 27.5 Å². The summed E-state index contributed by atoms with van der Waals surface area (Å²) >= 11 is 9.44. The first kappa shape index (κ1) is 22.9. The molecule has 0 aliphatic carbocycles. The second kappa shape index (κ2) is 9.29. The molecule has 1 fully saturated rings. The number of benzene rings is 2. The molecule has 168 valence electrons. The Morgan fingerprint density at radius 1 is 1.03 bits per heavy atom. The molecule has 1 saturated heterocycles. The number of piperazine rings is 1. The zero-order chi connectivity index (χ0) is 22.9. The van der Waals surface area contributed by atoms with Gasteiger partial charge in [-0.2, -0.15) is 0 Å². The van der Waals surface area contributed by atoms with Gasteiger partial charge in [0.1, 0.15) is 11.5 Å². The topological polar surface area (TPSA) is 70.8 Å². The van der Waals surface area contributed by atoms with Crippen LogP contribution in [0.5, 0.6) is 0 Å². The molecule has 0 bridgehead atoms. The van der Waals surface area contributed by atoms with Crippen LogP contribution in [0.4, 0.5) is 5.69 Å². The Kier molecular flexibility index (Phi) is 6.65. The van der Waals surface area contributed by atoms with Gasteiger partial charge >= 0.3 is 0 Å². The Balaban J connectivity index is 1.40. The van der Waals surface area contributed by atoms with Crippen molar-refractivity contribution in [3.05, 3.63) is 81.2 Å². The van der Waals surface area contributed by atoms with E-state index in [4.69, 9.17) is 16.0 Å². The van der Waals surface area contributed by atoms with Crippen LogP contribution in [0.15, 0.2) is 68.4 Å². The number of rotatable bonds is 5. The first-order valence-corrected chi connectivity index (χ1v) is 12.9. The summed E-state index contributed by atoms with van der Waals surface area (Å²) in [4.78, 5) is 17.0. The maximum atomic E-state index is 12.9. The maximum Gasteiger partial charge on any atom is 0.289 e. The molecule has 1 amide bonds. The van der Waals surface area contributed by atoms with Crippen molar-refractivity contribution in [3.8, 4) is 0 Å². The van der Waals surface area contributed by atoms with Gasteiger partial charge in [0.25, 0.3) is 5.91 Å². The zero-order valence-electron chi connectivity index (χ0n) is 17.4. The average Bonchev–Trinajstić information content (AvgIpc) is 3.23. The lowest BCUT2D eigenvalue weighted by atomic mass is 10.1. The highest BCUT2D eigenvalue weighted by Crippen LogP contribution is 2.26. The van der Waals surface area contributed by atoms with Crippen molar-refractivity contribution in [2.75, 3.05) is 31.1 Å². The number of furan rings is 1. The summed E-state index contributed by atoms with van der Waals surface area (Å²) in [7, 11) is -3.57. The van der Waals surface area contributed by atoms with E-state index in [2.05, 4.69) is 20.8 Å². The first-order chi connectivity index (χ1) is 15.2. The van der Waals surface area contributed by atoms with Crippen molar-refractivity contribution in [3.63, 3.8) is 0 Å². The Hall–Kier alpha value is -2.29. The molecule has 1 aliphatic rings. The van der Waals surface area contributed by atoms with Crippen molar-refractivity contribution in [1.82, 2.24) is 4.90 Å². The molecule has 32 heavy (non-hydrogen) atoms. The van der Waals surface area contributed by atoms with Gasteiger partial charge in [0.15, 0.2) is 15.6 Å². The van der Waals surface area contributed by atoms with Crippen molar-refractivity contribution in [1.29, 1.82) is 0 Å². The highest BCUT2D eigenvalue weighted by Gasteiger charge is 2.26. The summed E-state index contributed by atoms with van der Waals surface area (Å²) in [5.74, 6) is -0.147. The number of amides is 1. The first-order valence-electron chi connectivity index (χ1n) is 10.1. The number of carbonyl (C=O) groups is 1. The SMILES string of the molecule is Cc1ccc(Cl)cc1N1CCN(C(=O)c2ccc(CS(=O)(=O)c3ccc(Br)cc3)o2)CC1. The molecule has 2 heterocycles. The maximum absolute atomic E-state index is 12.9. The second-order valence-corrected chi connectivity index (χ2v) is 11.0. The molecule has 9 heteroatoms. The number of carbonyl (C=O) groups excluding carboxylic acids is 1. The average molecular weight is 538 g/mol. The van der Waals surface area contributed by atoms with Crippen LogP contribution in [0.2, 0.25) is 5.02 Å². The van der Waals surface area contributed by atoms with Crippen molar-refractivity contribution < 1.29 is 17.6 Å². The van der Waals surface area contributed by atoms with Gasteiger partial charge in [-0.25, -0.2) is 8.42 Å². The van der Waals surface area contributed by atoms with E-state index in [-0.39, 0.29) is 28.1 Å². The number of anilines is 1. The quantitative estimate of drug-likeness (QED) is 0.461. The van der Waals surface area contributed by atoms with Crippen molar-refractivity contribution in [2.45, 2.75) is 17.6 Å². The van der Waals surface area contributed by atoms with E-state index < -0.39 is 9.84 Å². The fourth-order valence-corrected chi connectivity index (χ4v) is 5.39. The summed E-state index contributed by atoms with van der Waals surface area (Å²) in [5.41, 5.74) is 2.21. The van der Waals surface area contributed by atoms with Crippen LogP contribution in [0, 0.1) is 6.92 Å². The highest BCUT2D eigenvalue weighted by molar-refractivity contribution is 9.10. The normalized spacial score (nSPS) is 14.6. The molecule has 3 aromatic rings. The molecule has 2 aromatic carbocycles. The smallest absolute Gasteiger partial charge is 0.289 e. The van der Waals surface area contributed by atoms with E-state index in [0.717, 1.165) is 15.7 Å². The van der Waals surface area contributed by atoms with Gasteiger partial charge in [0, 0.05) is 41.4 Å². The van der Waals surface area contributed by atoms with Gasteiger partial charge in [0.05, 0.1) is 4.90 Å². The van der Waals surface area contributed by atoms with E-state index >= 15 is 0 Å². The third-order valence-corrected chi connectivity index (χ3v) is 7.87. The summed E-state index contributed by atoms with van der Waals surface area (Å²) in [6, 6.07) is 15.3. The number of sulfone groups is 1. The third kappa shape index (κ3) is 5.03. The van der Waals surface area contributed by atoms with E-state index in [1.807, 2.05) is 25.1 Å². The Bertz CT molecular complexity index is 1230. The van der Waals surface area contributed by atoms with Gasteiger partial charge in [-0.3, -0.25) is 4.79 Å². The van der Waals surface area contributed by atoms with E-state index in [0.29, 0.717) is 31.2 Å². The second-order valence-electron chi connectivity index (χ2n) is 7.69. The van der Waals surface area contributed by atoms with Crippen LogP contribution < -0.4 is 4.90 Å². The predicted octanol–water partition coefficient (Wildman–Crippen LogP) is 4.94. The van der Waals surface area contributed by atoms with Gasteiger partial charge < -0.3 is 14.2 Å². The number of nitrogens with zero attached hydrogens (tertiary/aromatic N) is 2. The van der Waals surface area contributed by atoms with Crippen molar-refractivity contribution >= 4 is 49.0 Å². The summed E-state index contributed by atoms with van der Waals surface area (Å²) < 4.78 is 31.7. The van der Waals surface area contributed by atoms with Gasteiger partial charge in [-0.15, -0.1) is 0 Å². The zero-order valence-corrected chi connectivity index (χ0v) is 20.6. The standard InChI is InChI=1S/C23H22BrClN2O4S/c1-16-2-5-18(25)14-21(16)26-10-12-27(13-11-26)23(28)22-9-6-19(31-22)15-32(29,30)20-7-3-17(24)4-8-20/h2-9,14H,10-13,15H2,1H3. The fourth-order valence-electron chi connectivity index (χ4n) is 3.71. The molecule has 1 aromatic heterocycles. The summed E-state index contributed by atoms with van der Waals surface area (Å²) in [5, 5.41) is 0.685. The lowest BCUT2D eigenvalue weighted by molar-refractivity contribution is 0.0713. The lowest BCUT2D eigenvalue weighted by Crippen LogP contribution is -2.48. The summed E-state index contributed by atoms with van der Waals surface area (Å²) in [6.45, 7) is 4.47.